The zero-order valence-electron chi connectivity index (χ0n) is 10.7. The van der Waals surface area contributed by atoms with Crippen LogP contribution in [0.25, 0.3) is 0 Å². The Morgan fingerprint density at radius 3 is 2.50 bits per heavy atom. The van der Waals surface area contributed by atoms with Crippen LogP contribution in [0.1, 0.15) is 30.8 Å². The van der Waals surface area contributed by atoms with Gasteiger partial charge in [0.05, 0.1) is 11.8 Å². The maximum Gasteiger partial charge on any atom is 0.162 e. The number of carbonyl (C=O) groups is 1. The Bertz CT molecular complexity index is 381. The van der Waals surface area contributed by atoms with Crippen LogP contribution >= 0.6 is 0 Å². The van der Waals surface area contributed by atoms with E-state index in [1.165, 1.54) is 0 Å². The Labute approximate surface area is 96.6 Å². The number of rotatable bonds is 5. The maximum atomic E-state index is 11.7. The molecule has 0 aromatic carbocycles. The molecule has 0 spiro atoms. The van der Waals surface area contributed by atoms with Crippen molar-refractivity contribution in [2.75, 3.05) is 6.61 Å². The smallest absolute Gasteiger partial charge is 0.162 e. The van der Waals surface area contributed by atoms with Crippen molar-refractivity contribution < 1.29 is 9.53 Å². The van der Waals surface area contributed by atoms with E-state index in [0.717, 1.165) is 17.0 Å². The fourth-order valence-electron chi connectivity index (χ4n) is 1.58. The lowest BCUT2D eigenvalue weighted by molar-refractivity contribution is -0.124. The molecule has 0 amide bonds. The van der Waals surface area contributed by atoms with Crippen LogP contribution in [0, 0.1) is 13.8 Å². The van der Waals surface area contributed by atoms with Gasteiger partial charge >= 0.3 is 0 Å². The van der Waals surface area contributed by atoms with Gasteiger partial charge < -0.3 is 4.74 Å². The van der Waals surface area contributed by atoms with Gasteiger partial charge in [0.1, 0.15) is 6.61 Å². The molecular weight excluding hydrogens is 204 g/mol. The number of aryl methyl sites for hydroxylation is 2. The van der Waals surface area contributed by atoms with Crippen LogP contribution in [0.2, 0.25) is 0 Å². The van der Waals surface area contributed by atoms with E-state index in [9.17, 15) is 4.79 Å². The van der Waals surface area contributed by atoms with Crippen LogP contribution in [-0.4, -0.2) is 28.3 Å². The molecule has 1 heterocycles. The average molecular weight is 224 g/mol. The normalized spacial score (nSPS) is 11.1. The highest BCUT2D eigenvalue weighted by molar-refractivity contribution is 5.82. The molecule has 0 N–H and O–H groups in total. The summed E-state index contributed by atoms with van der Waals surface area (Å²) in [5, 5.41) is 4.28. The third-order valence-corrected chi connectivity index (χ3v) is 2.61. The molecule has 0 aliphatic carbocycles. The summed E-state index contributed by atoms with van der Waals surface area (Å²) in [7, 11) is 1.89. The molecule has 0 unspecified atom stereocenters. The first kappa shape index (κ1) is 12.9. The summed E-state index contributed by atoms with van der Waals surface area (Å²) in [6.45, 7) is 7.94. The molecule has 1 aromatic rings. The predicted octanol–water partition coefficient (Wildman–Crippen LogP) is 1.57. The highest BCUT2D eigenvalue weighted by atomic mass is 16.5. The van der Waals surface area contributed by atoms with Crippen molar-refractivity contribution >= 4 is 5.78 Å². The molecule has 0 saturated heterocycles. The SMILES string of the molecule is Cc1nn(C)c(C)c1CC(=O)COC(C)C. The fraction of sp³-hybridized carbons (Fsp3) is 0.667. The van der Waals surface area contributed by atoms with Gasteiger partial charge in [0, 0.05) is 24.7 Å². The number of ether oxygens (including phenoxy) is 1. The Kier molecular flexibility index (Phi) is 4.24. The van der Waals surface area contributed by atoms with Gasteiger partial charge in [0.25, 0.3) is 0 Å². The number of hydrogen-bond acceptors (Lipinski definition) is 3. The Morgan fingerprint density at radius 1 is 1.44 bits per heavy atom. The molecule has 4 heteroatoms. The number of hydrogen-bond donors (Lipinski definition) is 0. The second kappa shape index (κ2) is 5.25. The molecular formula is C12H20N2O2. The third kappa shape index (κ3) is 3.17. The number of aromatic nitrogens is 2. The maximum absolute atomic E-state index is 11.7. The van der Waals surface area contributed by atoms with Gasteiger partial charge in [-0.25, -0.2) is 0 Å². The van der Waals surface area contributed by atoms with Crippen molar-refractivity contribution in [2.24, 2.45) is 7.05 Å². The topological polar surface area (TPSA) is 44.1 Å². The summed E-state index contributed by atoms with van der Waals surface area (Å²) >= 11 is 0. The summed E-state index contributed by atoms with van der Waals surface area (Å²) in [6.07, 6.45) is 0.512. The number of carbonyl (C=O) groups excluding carboxylic acids is 1. The molecule has 16 heavy (non-hydrogen) atoms. The minimum Gasteiger partial charge on any atom is -0.371 e. The standard InChI is InChI=1S/C12H20N2O2/c1-8(2)16-7-11(15)6-12-9(3)13-14(5)10(12)4/h8H,6-7H2,1-5H3. The van der Waals surface area contributed by atoms with Gasteiger partial charge in [-0.2, -0.15) is 5.10 Å². The first-order chi connectivity index (χ1) is 7.41. The van der Waals surface area contributed by atoms with Gasteiger partial charge in [-0.1, -0.05) is 0 Å². The first-order valence-electron chi connectivity index (χ1n) is 5.54. The minimum absolute atomic E-state index is 0.0973. The lowest BCUT2D eigenvalue weighted by Crippen LogP contribution is -2.15. The zero-order valence-corrected chi connectivity index (χ0v) is 10.7. The quantitative estimate of drug-likeness (QED) is 0.762. The predicted molar refractivity (Wildman–Crippen MR) is 62.5 cm³/mol. The molecule has 1 rings (SSSR count). The van der Waals surface area contributed by atoms with Crippen LogP contribution in [0.4, 0.5) is 0 Å². The van der Waals surface area contributed by atoms with E-state index in [2.05, 4.69) is 5.10 Å². The van der Waals surface area contributed by atoms with Crippen LogP contribution in [0.15, 0.2) is 0 Å². The molecule has 0 aliphatic rings. The van der Waals surface area contributed by atoms with E-state index in [-0.39, 0.29) is 18.5 Å². The second-order valence-corrected chi connectivity index (χ2v) is 4.35. The average Bonchev–Trinajstić information content (AvgIpc) is 2.42. The molecule has 90 valence electrons. The van der Waals surface area contributed by atoms with Crippen LogP contribution in [-0.2, 0) is 23.0 Å². The van der Waals surface area contributed by atoms with Crippen molar-refractivity contribution in [3.63, 3.8) is 0 Å². The number of nitrogens with zero attached hydrogens (tertiary/aromatic N) is 2. The molecule has 0 bridgehead atoms. The zero-order chi connectivity index (χ0) is 12.3. The van der Waals surface area contributed by atoms with E-state index >= 15 is 0 Å². The third-order valence-electron chi connectivity index (χ3n) is 2.61. The monoisotopic (exact) mass is 224 g/mol. The number of ketones is 1. The van der Waals surface area contributed by atoms with Crippen molar-refractivity contribution in [3.8, 4) is 0 Å². The largest absolute Gasteiger partial charge is 0.371 e. The molecule has 0 atom stereocenters. The van der Waals surface area contributed by atoms with Crippen molar-refractivity contribution in [1.29, 1.82) is 0 Å². The Morgan fingerprint density at radius 2 is 2.06 bits per heavy atom. The molecule has 0 aliphatic heterocycles. The van der Waals surface area contributed by atoms with E-state index in [0.29, 0.717) is 6.42 Å². The van der Waals surface area contributed by atoms with E-state index in [1.807, 2.05) is 34.7 Å². The Balaban J connectivity index is 2.63. The van der Waals surface area contributed by atoms with E-state index in [1.54, 1.807) is 4.68 Å². The summed E-state index contributed by atoms with van der Waals surface area (Å²) in [4.78, 5) is 11.7. The van der Waals surface area contributed by atoms with Gasteiger partial charge in [0.15, 0.2) is 5.78 Å². The van der Waals surface area contributed by atoms with E-state index < -0.39 is 0 Å². The second-order valence-electron chi connectivity index (χ2n) is 4.35. The molecule has 0 saturated carbocycles. The molecule has 0 fully saturated rings. The Hall–Kier alpha value is -1.16. The van der Waals surface area contributed by atoms with Gasteiger partial charge in [-0.15, -0.1) is 0 Å². The van der Waals surface area contributed by atoms with Crippen molar-refractivity contribution in [2.45, 2.75) is 40.2 Å². The number of Topliss-reactive ketones (excluding diaryl/α,β-unsaturated/α-hetero) is 1. The minimum atomic E-state index is 0.0973. The summed E-state index contributed by atoms with van der Waals surface area (Å²) in [5.41, 5.74) is 3.01. The van der Waals surface area contributed by atoms with Crippen molar-refractivity contribution in [3.05, 3.63) is 17.0 Å². The molecule has 1 aromatic heterocycles. The highest BCUT2D eigenvalue weighted by Crippen LogP contribution is 2.12. The molecule has 0 radical (unpaired) electrons. The van der Waals surface area contributed by atoms with Crippen molar-refractivity contribution in [1.82, 2.24) is 9.78 Å². The molecule has 4 nitrogen and oxygen atoms in total. The lowest BCUT2D eigenvalue weighted by atomic mass is 10.1. The van der Waals surface area contributed by atoms with E-state index in [4.69, 9.17) is 4.74 Å². The van der Waals surface area contributed by atoms with Crippen LogP contribution in [0.5, 0.6) is 0 Å². The highest BCUT2D eigenvalue weighted by Gasteiger charge is 2.13. The van der Waals surface area contributed by atoms with Gasteiger partial charge in [0.2, 0.25) is 0 Å². The van der Waals surface area contributed by atoms with Gasteiger partial charge in [-0.05, 0) is 27.7 Å². The summed E-state index contributed by atoms with van der Waals surface area (Å²) in [5.74, 6) is 0.105. The van der Waals surface area contributed by atoms with Crippen LogP contribution < -0.4 is 0 Å². The van der Waals surface area contributed by atoms with Gasteiger partial charge in [-0.3, -0.25) is 9.48 Å². The van der Waals surface area contributed by atoms with Crippen LogP contribution in [0.3, 0.4) is 0 Å². The lowest BCUT2D eigenvalue weighted by Gasteiger charge is -2.06. The summed E-state index contributed by atoms with van der Waals surface area (Å²) in [6, 6.07) is 0. The first-order valence-corrected chi connectivity index (χ1v) is 5.54. The summed E-state index contributed by atoms with van der Waals surface area (Å²) < 4.78 is 7.09. The fourth-order valence-corrected chi connectivity index (χ4v) is 1.58.